The SMILES string of the molecule is CCC1CCC(CNS(=O)(=O)c2ccccc2Br)CC1. The van der Waals surface area contributed by atoms with E-state index in [0.29, 0.717) is 21.8 Å². The lowest BCUT2D eigenvalue weighted by Crippen LogP contribution is -2.31. The van der Waals surface area contributed by atoms with Gasteiger partial charge in [0, 0.05) is 11.0 Å². The minimum absolute atomic E-state index is 0.322. The fourth-order valence-corrected chi connectivity index (χ4v) is 4.93. The Bertz CT molecular complexity index is 537. The first-order valence-corrected chi connectivity index (χ1v) is 9.54. The molecule has 1 saturated carbocycles. The molecule has 1 aromatic rings. The average Bonchev–Trinajstić information content (AvgIpc) is 2.46. The van der Waals surface area contributed by atoms with E-state index >= 15 is 0 Å². The van der Waals surface area contributed by atoms with E-state index in [1.807, 2.05) is 6.07 Å². The second-order valence-electron chi connectivity index (χ2n) is 5.58. The number of sulfonamides is 1. The highest BCUT2D eigenvalue weighted by molar-refractivity contribution is 9.10. The molecule has 0 saturated heterocycles. The number of benzene rings is 1. The summed E-state index contributed by atoms with van der Waals surface area (Å²) < 4.78 is 27.9. The largest absolute Gasteiger partial charge is 0.241 e. The Morgan fingerprint density at radius 2 is 1.75 bits per heavy atom. The van der Waals surface area contributed by atoms with Gasteiger partial charge in [-0.05, 0) is 52.7 Å². The minimum Gasteiger partial charge on any atom is -0.211 e. The van der Waals surface area contributed by atoms with Crippen LogP contribution in [-0.4, -0.2) is 15.0 Å². The fraction of sp³-hybridized carbons (Fsp3) is 0.600. The fourth-order valence-electron chi connectivity index (χ4n) is 2.81. The zero-order valence-electron chi connectivity index (χ0n) is 11.8. The van der Waals surface area contributed by atoms with Crippen molar-refractivity contribution in [1.82, 2.24) is 4.72 Å². The maximum absolute atomic E-state index is 12.3. The third kappa shape index (κ3) is 4.06. The molecule has 0 bridgehead atoms. The van der Waals surface area contributed by atoms with Crippen molar-refractivity contribution < 1.29 is 8.42 Å². The molecule has 5 heteroatoms. The number of nitrogens with one attached hydrogen (secondary N) is 1. The van der Waals surface area contributed by atoms with Crippen molar-refractivity contribution in [2.45, 2.75) is 43.9 Å². The summed E-state index contributed by atoms with van der Waals surface area (Å²) in [6.07, 6.45) is 5.99. The van der Waals surface area contributed by atoms with Crippen LogP contribution >= 0.6 is 15.9 Å². The summed E-state index contributed by atoms with van der Waals surface area (Å²) in [5.41, 5.74) is 0. The van der Waals surface area contributed by atoms with Gasteiger partial charge in [0.05, 0.1) is 4.90 Å². The Morgan fingerprint density at radius 1 is 1.15 bits per heavy atom. The van der Waals surface area contributed by atoms with Gasteiger partial charge in [0.25, 0.3) is 0 Å². The topological polar surface area (TPSA) is 46.2 Å². The summed E-state index contributed by atoms with van der Waals surface area (Å²) in [5, 5.41) is 0. The summed E-state index contributed by atoms with van der Waals surface area (Å²) >= 11 is 3.30. The molecule has 0 aromatic heterocycles. The van der Waals surface area contributed by atoms with Gasteiger partial charge in [-0.2, -0.15) is 0 Å². The van der Waals surface area contributed by atoms with Gasteiger partial charge in [-0.3, -0.25) is 0 Å². The van der Waals surface area contributed by atoms with Crippen molar-refractivity contribution >= 4 is 26.0 Å². The molecule has 20 heavy (non-hydrogen) atoms. The van der Waals surface area contributed by atoms with E-state index in [0.717, 1.165) is 18.8 Å². The van der Waals surface area contributed by atoms with Crippen molar-refractivity contribution in [3.63, 3.8) is 0 Å². The molecule has 0 amide bonds. The maximum atomic E-state index is 12.3. The average molecular weight is 360 g/mol. The summed E-state index contributed by atoms with van der Waals surface area (Å²) in [5.74, 6) is 1.32. The molecule has 0 spiro atoms. The van der Waals surface area contributed by atoms with Gasteiger partial charge in [0.1, 0.15) is 0 Å². The summed E-state index contributed by atoms with van der Waals surface area (Å²) in [7, 11) is -3.41. The normalized spacial score (nSPS) is 23.7. The molecule has 1 fully saturated rings. The zero-order valence-corrected chi connectivity index (χ0v) is 14.2. The molecule has 112 valence electrons. The Kier molecular flexibility index (Phi) is 5.64. The zero-order chi connectivity index (χ0) is 14.6. The van der Waals surface area contributed by atoms with Crippen LogP contribution in [0.5, 0.6) is 0 Å². The smallest absolute Gasteiger partial charge is 0.211 e. The van der Waals surface area contributed by atoms with Gasteiger partial charge in [0.15, 0.2) is 0 Å². The van der Waals surface area contributed by atoms with E-state index in [1.165, 1.54) is 19.3 Å². The second-order valence-corrected chi connectivity index (χ2v) is 8.17. The molecule has 0 atom stereocenters. The van der Waals surface area contributed by atoms with Gasteiger partial charge in [0.2, 0.25) is 10.0 Å². The molecule has 1 N–H and O–H groups in total. The highest BCUT2D eigenvalue weighted by Crippen LogP contribution is 2.30. The molecule has 0 heterocycles. The van der Waals surface area contributed by atoms with Crippen LogP contribution in [0.15, 0.2) is 33.6 Å². The lowest BCUT2D eigenvalue weighted by atomic mass is 9.81. The third-order valence-corrected chi connectivity index (χ3v) is 6.67. The minimum atomic E-state index is -3.41. The first-order chi connectivity index (χ1) is 9.53. The Labute approximate surface area is 130 Å². The molecule has 0 aliphatic heterocycles. The highest BCUT2D eigenvalue weighted by atomic mass is 79.9. The number of hydrogen-bond acceptors (Lipinski definition) is 2. The molecular formula is C15H22BrNO2S. The van der Waals surface area contributed by atoms with Gasteiger partial charge >= 0.3 is 0 Å². The summed E-state index contributed by atoms with van der Waals surface area (Å²) in [6.45, 7) is 2.79. The standard InChI is InChI=1S/C15H22BrNO2S/c1-2-12-7-9-13(10-8-12)11-17-20(18,19)15-6-4-3-5-14(15)16/h3-6,12-13,17H,2,7-11H2,1H3. The first kappa shape index (κ1) is 16.0. The molecule has 1 aliphatic rings. The van der Waals surface area contributed by atoms with Crippen LogP contribution in [0.4, 0.5) is 0 Å². The van der Waals surface area contributed by atoms with E-state index in [1.54, 1.807) is 18.2 Å². The molecule has 2 rings (SSSR count). The predicted molar refractivity (Wildman–Crippen MR) is 85.1 cm³/mol. The van der Waals surface area contributed by atoms with Crippen LogP contribution in [0.1, 0.15) is 39.0 Å². The first-order valence-electron chi connectivity index (χ1n) is 7.27. The lowest BCUT2D eigenvalue weighted by molar-refractivity contribution is 0.270. The Balaban J connectivity index is 1.92. The van der Waals surface area contributed by atoms with Gasteiger partial charge in [-0.15, -0.1) is 0 Å². The van der Waals surface area contributed by atoms with E-state index in [2.05, 4.69) is 27.6 Å². The van der Waals surface area contributed by atoms with E-state index in [4.69, 9.17) is 0 Å². The van der Waals surface area contributed by atoms with Crippen molar-refractivity contribution in [2.75, 3.05) is 6.54 Å². The monoisotopic (exact) mass is 359 g/mol. The maximum Gasteiger partial charge on any atom is 0.241 e. The molecular weight excluding hydrogens is 338 g/mol. The molecule has 1 aromatic carbocycles. The predicted octanol–water partition coefficient (Wildman–Crippen LogP) is 3.94. The quantitative estimate of drug-likeness (QED) is 0.864. The molecule has 1 aliphatic carbocycles. The van der Waals surface area contributed by atoms with Crippen LogP contribution in [0.25, 0.3) is 0 Å². The third-order valence-electron chi connectivity index (χ3n) is 4.23. The number of halogens is 1. The summed E-state index contributed by atoms with van der Waals surface area (Å²) in [6, 6.07) is 6.93. The molecule has 0 radical (unpaired) electrons. The van der Waals surface area contributed by atoms with Gasteiger partial charge in [-0.25, -0.2) is 13.1 Å². The van der Waals surface area contributed by atoms with Crippen LogP contribution in [0.2, 0.25) is 0 Å². The number of rotatable bonds is 5. The van der Waals surface area contributed by atoms with Crippen molar-refractivity contribution in [1.29, 1.82) is 0 Å². The van der Waals surface area contributed by atoms with Gasteiger partial charge < -0.3 is 0 Å². The Morgan fingerprint density at radius 3 is 2.35 bits per heavy atom. The van der Waals surface area contributed by atoms with E-state index in [-0.39, 0.29) is 0 Å². The second kappa shape index (κ2) is 7.05. The highest BCUT2D eigenvalue weighted by Gasteiger charge is 2.23. The van der Waals surface area contributed by atoms with Gasteiger partial charge in [-0.1, -0.05) is 38.3 Å². The van der Waals surface area contributed by atoms with Crippen LogP contribution < -0.4 is 4.72 Å². The van der Waals surface area contributed by atoms with E-state index in [9.17, 15) is 8.42 Å². The molecule has 0 unspecified atom stereocenters. The Hall–Kier alpha value is -0.390. The summed E-state index contributed by atoms with van der Waals surface area (Å²) in [4.78, 5) is 0.322. The van der Waals surface area contributed by atoms with E-state index < -0.39 is 10.0 Å². The van der Waals surface area contributed by atoms with Crippen molar-refractivity contribution in [3.05, 3.63) is 28.7 Å². The number of hydrogen-bond donors (Lipinski definition) is 1. The van der Waals surface area contributed by atoms with Crippen LogP contribution in [0.3, 0.4) is 0 Å². The van der Waals surface area contributed by atoms with Crippen LogP contribution in [-0.2, 0) is 10.0 Å². The van der Waals surface area contributed by atoms with Crippen molar-refractivity contribution in [3.8, 4) is 0 Å². The van der Waals surface area contributed by atoms with Crippen molar-refractivity contribution in [2.24, 2.45) is 11.8 Å². The van der Waals surface area contributed by atoms with Crippen LogP contribution in [0, 0.1) is 11.8 Å². The lowest BCUT2D eigenvalue weighted by Gasteiger charge is -2.27. The molecule has 3 nitrogen and oxygen atoms in total.